The zero-order chi connectivity index (χ0) is 17.4. The molecule has 0 unspecified atom stereocenters. The Hall–Kier alpha value is -2.95. The van der Waals surface area contributed by atoms with E-state index in [0.29, 0.717) is 6.54 Å². The number of rotatable bonds is 5. The van der Waals surface area contributed by atoms with Crippen LogP contribution in [0.2, 0.25) is 0 Å². The summed E-state index contributed by atoms with van der Waals surface area (Å²) in [6.45, 7) is 4.28. The lowest BCUT2D eigenvalue weighted by atomic mass is 10.1. The Balaban J connectivity index is 2.04. The van der Waals surface area contributed by atoms with Crippen molar-refractivity contribution in [2.75, 3.05) is 7.11 Å². The predicted octanol–water partition coefficient (Wildman–Crippen LogP) is 3.78. The molecule has 124 valence electrons. The average Bonchev–Trinajstić information content (AvgIpc) is 2.64. The average molecular weight is 323 g/mol. The van der Waals surface area contributed by atoms with Crippen molar-refractivity contribution in [2.45, 2.75) is 20.4 Å². The first-order valence-electron chi connectivity index (χ1n) is 7.65. The van der Waals surface area contributed by atoms with Gasteiger partial charge in [0, 0.05) is 6.54 Å². The van der Waals surface area contributed by atoms with Gasteiger partial charge < -0.3 is 10.1 Å². The minimum atomic E-state index is -0.442. The molecule has 0 heterocycles. The van der Waals surface area contributed by atoms with Crippen molar-refractivity contribution < 1.29 is 9.53 Å². The minimum Gasteiger partial charge on any atom is -0.453 e. The van der Waals surface area contributed by atoms with Crippen molar-refractivity contribution in [1.82, 2.24) is 5.32 Å². The molecule has 0 bridgehead atoms. The van der Waals surface area contributed by atoms with Gasteiger partial charge >= 0.3 is 6.09 Å². The summed E-state index contributed by atoms with van der Waals surface area (Å²) in [5.74, 6) is 0. The van der Waals surface area contributed by atoms with Crippen LogP contribution in [-0.2, 0) is 11.3 Å². The number of nitrogens with one attached hydrogen (secondary N) is 1. The first kappa shape index (κ1) is 17.4. The van der Waals surface area contributed by atoms with Crippen molar-refractivity contribution in [3.05, 3.63) is 71.3 Å². The van der Waals surface area contributed by atoms with Gasteiger partial charge in [-0.25, -0.2) is 4.79 Å². The number of amides is 1. The number of ether oxygens (including phenoxy) is 1. The largest absolute Gasteiger partial charge is 0.453 e. The minimum absolute atomic E-state index is 0.425. The van der Waals surface area contributed by atoms with Crippen LogP contribution in [-0.4, -0.2) is 24.6 Å². The highest BCUT2D eigenvalue weighted by Gasteiger charge is 2.01. The summed E-state index contributed by atoms with van der Waals surface area (Å²) >= 11 is 0. The molecule has 5 heteroatoms. The van der Waals surface area contributed by atoms with Crippen LogP contribution in [0.1, 0.15) is 30.5 Å². The third-order valence-electron chi connectivity index (χ3n) is 3.54. The van der Waals surface area contributed by atoms with E-state index in [2.05, 4.69) is 20.3 Å². The van der Waals surface area contributed by atoms with E-state index in [1.165, 1.54) is 7.11 Å². The number of benzene rings is 2. The molecule has 0 aromatic heterocycles. The monoisotopic (exact) mass is 323 g/mol. The molecule has 24 heavy (non-hydrogen) atoms. The summed E-state index contributed by atoms with van der Waals surface area (Å²) < 4.78 is 4.54. The van der Waals surface area contributed by atoms with Gasteiger partial charge in [0.05, 0.1) is 18.5 Å². The van der Waals surface area contributed by atoms with E-state index in [-0.39, 0.29) is 0 Å². The molecular formula is C19H21N3O2. The smallest absolute Gasteiger partial charge is 0.407 e. The van der Waals surface area contributed by atoms with Crippen molar-refractivity contribution in [3.63, 3.8) is 0 Å². The van der Waals surface area contributed by atoms with Crippen LogP contribution in [0.25, 0.3) is 0 Å². The maximum absolute atomic E-state index is 11.1. The second-order valence-corrected chi connectivity index (χ2v) is 5.28. The van der Waals surface area contributed by atoms with Gasteiger partial charge in [0.2, 0.25) is 0 Å². The van der Waals surface area contributed by atoms with Gasteiger partial charge in [-0.05, 0) is 30.5 Å². The van der Waals surface area contributed by atoms with Gasteiger partial charge in [-0.3, -0.25) is 0 Å². The molecule has 2 rings (SSSR count). The lowest BCUT2D eigenvalue weighted by Crippen LogP contribution is -2.22. The Morgan fingerprint density at radius 1 is 0.917 bits per heavy atom. The standard InChI is InChI=1S/C19H21N3O2/c1-14(17-7-5-4-6-8-17)21-22-15(2)18-11-9-16(10-12-18)13-20-19(23)24-3/h4-12H,13H2,1-3H3,(H,20,23). The van der Waals surface area contributed by atoms with E-state index in [9.17, 15) is 4.79 Å². The summed E-state index contributed by atoms with van der Waals surface area (Å²) in [7, 11) is 1.34. The number of hydrogen-bond acceptors (Lipinski definition) is 4. The van der Waals surface area contributed by atoms with Gasteiger partial charge in [0.15, 0.2) is 0 Å². The summed E-state index contributed by atoms with van der Waals surface area (Å²) in [4.78, 5) is 11.1. The maximum atomic E-state index is 11.1. The van der Waals surface area contributed by atoms with Crippen molar-refractivity contribution in [3.8, 4) is 0 Å². The fourth-order valence-corrected chi connectivity index (χ4v) is 2.06. The van der Waals surface area contributed by atoms with E-state index >= 15 is 0 Å². The van der Waals surface area contributed by atoms with Crippen LogP contribution in [0.3, 0.4) is 0 Å². The Morgan fingerprint density at radius 3 is 2.00 bits per heavy atom. The third kappa shape index (κ3) is 5.05. The molecule has 0 saturated heterocycles. The second kappa shape index (κ2) is 8.62. The topological polar surface area (TPSA) is 63.0 Å². The van der Waals surface area contributed by atoms with Crippen molar-refractivity contribution in [1.29, 1.82) is 0 Å². The number of carbonyl (C=O) groups is 1. The number of carbonyl (C=O) groups excluding carboxylic acids is 1. The third-order valence-corrected chi connectivity index (χ3v) is 3.54. The molecule has 1 N–H and O–H groups in total. The molecule has 0 radical (unpaired) electrons. The molecule has 0 spiro atoms. The molecule has 0 saturated carbocycles. The Kier molecular flexibility index (Phi) is 6.25. The van der Waals surface area contributed by atoms with E-state index < -0.39 is 6.09 Å². The maximum Gasteiger partial charge on any atom is 0.407 e. The molecule has 2 aromatic rings. The van der Waals surface area contributed by atoms with E-state index in [0.717, 1.165) is 28.1 Å². The van der Waals surface area contributed by atoms with E-state index in [1.807, 2.05) is 68.4 Å². The van der Waals surface area contributed by atoms with E-state index in [1.54, 1.807) is 0 Å². The molecule has 0 fully saturated rings. The quantitative estimate of drug-likeness (QED) is 0.672. The first-order valence-corrected chi connectivity index (χ1v) is 7.65. The van der Waals surface area contributed by atoms with Crippen LogP contribution in [0.15, 0.2) is 64.8 Å². The second-order valence-electron chi connectivity index (χ2n) is 5.28. The zero-order valence-corrected chi connectivity index (χ0v) is 14.1. The van der Waals surface area contributed by atoms with Crippen molar-refractivity contribution in [2.24, 2.45) is 10.2 Å². The highest BCUT2D eigenvalue weighted by atomic mass is 16.5. The Morgan fingerprint density at radius 2 is 1.46 bits per heavy atom. The van der Waals surface area contributed by atoms with Crippen LogP contribution < -0.4 is 5.32 Å². The normalized spacial score (nSPS) is 12.0. The summed E-state index contributed by atoms with van der Waals surface area (Å²) in [5, 5.41) is 11.2. The van der Waals surface area contributed by atoms with Gasteiger partial charge in [0.1, 0.15) is 0 Å². The van der Waals surface area contributed by atoms with Crippen LogP contribution in [0.5, 0.6) is 0 Å². The van der Waals surface area contributed by atoms with Gasteiger partial charge in [-0.2, -0.15) is 10.2 Å². The molecule has 0 atom stereocenters. The molecule has 0 aliphatic rings. The molecule has 1 amide bonds. The molecule has 0 aliphatic carbocycles. The highest BCUT2D eigenvalue weighted by Crippen LogP contribution is 2.07. The lowest BCUT2D eigenvalue weighted by Gasteiger charge is -2.05. The molecule has 0 aliphatic heterocycles. The van der Waals surface area contributed by atoms with Crippen LogP contribution in [0.4, 0.5) is 4.79 Å². The van der Waals surface area contributed by atoms with E-state index in [4.69, 9.17) is 0 Å². The number of alkyl carbamates (subject to hydrolysis) is 1. The van der Waals surface area contributed by atoms with Gasteiger partial charge in [0.25, 0.3) is 0 Å². The lowest BCUT2D eigenvalue weighted by molar-refractivity contribution is 0.170. The van der Waals surface area contributed by atoms with Crippen molar-refractivity contribution >= 4 is 17.5 Å². The number of nitrogens with zero attached hydrogens (tertiary/aromatic N) is 2. The zero-order valence-electron chi connectivity index (χ0n) is 14.1. The first-order chi connectivity index (χ1) is 11.6. The SMILES string of the molecule is COC(=O)NCc1ccc(C(C)=NN=C(C)c2ccccc2)cc1. The molecule has 2 aromatic carbocycles. The summed E-state index contributed by atoms with van der Waals surface area (Å²) in [6, 6.07) is 17.7. The van der Waals surface area contributed by atoms with Crippen LogP contribution >= 0.6 is 0 Å². The fourth-order valence-electron chi connectivity index (χ4n) is 2.06. The predicted molar refractivity (Wildman–Crippen MR) is 96.6 cm³/mol. The number of hydrogen-bond donors (Lipinski definition) is 1. The van der Waals surface area contributed by atoms with Crippen LogP contribution in [0, 0.1) is 0 Å². The number of methoxy groups -OCH3 is 1. The summed E-state index contributed by atoms with van der Waals surface area (Å²) in [5.41, 5.74) is 4.73. The fraction of sp³-hybridized carbons (Fsp3) is 0.211. The molecule has 5 nitrogen and oxygen atoms in total. The molecular weight excluding hydrogens is 302 g/mol. The summed E-state index contributed by atoms with van der Waals surface area (Å²) in [6.07, 6.45) is -0.442. The Labute approximate surface area is 142 Å². The Bertz CT molecular complexity index is 735. The van der Waals surface area contributed by atoms with Gasteiger partial charge in [-0.15, -0.1) is 0 Å². The highest BCUT2D eigenvalue weighted by molar-refractivity contribution is 6.01. The van der Waals surface area contributed by atoms with Gasteiger partial charge in [-0.1, -0.05) is 54.6 Å².